The number of nitrogens with one attached hydrogen (secondary N) is 1. The van der Waals surface area contributed by atoms with Gasteiger partial charge in [0, 0.05) is 12.6 Å². The van der Waals surface area contributed by atoms with Crippen molar-refractivity contribution in [2.45, 2.75) is 19.1 Å². The van der Waals surface area contributed by atoms with E-state index in [-0.39, 0.29) is 12.6 Å². The van der Waals surface area contributed by atoms with Crippen LogP contribution in [-0.4, -0.2) is 31.4 Å². The summed E-state index contributed by atoms with van der Waals surface area (Å²) in [6.45, 7) is 1.74. The van der Waals surface area contributed by atoms with Crippen molar-refractivity contribution in [1.82, 2.24) is 5.32 Å². The van der Waals surface area contributed by atoms with Crippen LogP contribution in [0, 0.1) is 0 Å². The smallest absolute Gasteiger partial charge is 0.267 e. The molecule has 4 nitrogen and oxygen atoms in total. The van der Waals surface area contributed by atoms with E-state index in [0.717, 1.165) is 5.56 Å². The van der Waals surface area contributed by atoms with Crippen LogP contribution in [0.2, 0.25) is 0 Å². The molecule has 0 aliphatic rings. The fourth-order valence-electron chi connectivity index (χ4n) is 1.45. The van der Waals surface area contributed by atoms with E-state index in [1.165, 1.54) is 0 Å². The van der Waals surface area contributed by atoms with E-state index in [2.05, 4.69) is 5.32 Å². The molecule has 0 saturated heterocycles. The van der Waals surface area contributed by atoms with Crippen molar-refractivity contribution in [2.24, 2.45) is 0 Å². The molecule has 6 heteroatoms. The van der Waals surface area contributed by atoms with Gasteiger partial charge in [0.05, 0.1) is 0 Å². The quantitative estimate of drug-likeness (QED) is 0.763. The topological polar surface area (TPSA) is 66.4 Å². The molecular formula is C11H16FNO3S. The van der Waals surface area contributed by atoms with Gasteiger partial charge in [-0.1, -0.05) is 30.3 Å². The lowest BCUT2D eigenvalue weighted by Crippen LogP contribution is -2.31. The summed E-state index contributed by atoms with van der Waals surface area (Å²) in [6, 6.07) is 9.35. The molecule has 0 saturated carbocycles. The van der Waals surface area contributed by atoms with Crippen molar-refractivity contribution in [1.29, 1.82) is 0 Å². The fraction of sp³-hybridized carbons (Fsp3) is 0.455. The first-order valence-electron chi connectivity index (χ1n) is 5.26. The van der Waals surface area contributed by atoms with Crippen molar-refractivity contribution in [3.63, 3.8) is 0 Å². The molecule has 0 aromatic heterocycles. The Morgan fingerprint density at radius 2 is 1.94 bits per heavy atom. The third kappa shape index (κ3) is 5.76. The monoisotopic (exact) mass is 261 g/mol. The minimum Gasteiger partial charge on any atom is -0.307 e. The molecule has 1 rings (SSSR count). The van der Waals surface area contributed by atoms with Gasteiger partial charge in [-0.05, 0) is 12.5 Å². The highest BCUT2D eigenvalue weighted by atomic mass is 32.2. The van der Waals surface area contributed by atoms with Gasteiger partial charge in [0.25, 0.3) is 10.1 Å². The maximum atomic E-state index is 13.2. The van der Waals surface area contributed by atoms with Gasteiger partial charge in [0.1, 0.15) is 11.9 Å². The largest absolute Gasteiger partial charge is 0.307 e. The molecule has 2 N–H and O–H groups in total. The maximum Gasteiger partial charge on any atom is 0.267 e. The number of benzene rings is 1. The third-order valence-corrected chi connectivity index (χ3v) is 3.12. The van der Waals surface area contributed by atoms with Crippen molar-refractivity contribution in [2.75, 3.05) is 12.3 Å². The Morgan fingerprint density at radius 3 is 2.47 bits per heavy atom. The van der Waals surface area contributed by atoms with E-state index in [9.17, 15) is 12.8 Å². The summed E-state index contributed by atoms with van der Waals surface area (Å²) in [5.41, 5.74) is 0.992. The molecule has 2 atom stereocenters. The van der Waals surface area contributed by atoms with Crippen molar-refractivity contribution >= 4 is 10.1 Å². The lowest BCUT2D eigenvalue weighted by atomic mass is 10.1. The second-order valence-electron chi connectivity index (χ2n) is 3.89. The standard InChI is InChI=1S/C11H16FNO3S/c1-9(10-5-3-2-4-6-10)13-7-11(12)8-17(14,15)16/h2-6,9,11,13H,7-8H2,1H3,(H,14,15,16). The third-order valence-electron chi connectivity index (χ3n) is 2.34. The van der Waals surface area contributed by atoms with E-state index < -0.39 is 22.0 Å². The Hall–Kier alpha value is -0.980. The Bertz CT molecular complexity index is 435. The molecule has 17 heavy (non-hydrogen) atoms. The van der Waals surface area contributed by atoms with Crippen LogP contribution in [0.4, 0.5) is 4.39 Å². The van der Waals surface area contributed by atoms with Crippen LogP contribution in [0.1, 0.15) is 18.5 Å². The van der Waals surface area contributed by atoms with E-state index >= 15 is 0 Å². The molecule has 0 fully saturated rings. The number of halogens is 1. The minimum absolute atomic E-state index is 0.0733. The van der Waals surface area contributed by atoms with E-state index in [1.807, 2.05) is 37.3 Å². The molecule has 0 amide bonds. The van der Waals surface area contributed by atoms with Gasteiger partial charge in [-0.15, -0.1) is 0 Å². The molecule has 0 aliphatic heterocycles. The zero-order valence-electron chi connectivity index (χ0n) is 9.51. The predicted octanol–water partition coefficient (Wildman–Crippen LogP) is 1.56. The zero-order valence-corrected chi connectivity index (χ0v) is 10.3. The Balaban J connectivity index is 2.41. The van der Waals surface area contributed by atoms with Gasteiger partial charge in [-0.3, -0.25) is 4.55 Å². The predicted molar refractivity (Wildman–Crippen MR) is 64.2 cm³/mol. The first-order valence-corrected chi connectivity index (χ1v) is 6.87. The van der Waals surface area contributed by atoms with Crippen molar-refractivity contribution in [3.8, 4) is 0 Å². The van der Waals surface area contributed by atoms with Crippen LogP contribution >= 0.6 is 0 Å². The fourth-order valence-corrected chi connectivity index (χ4v) is 2.03. The summed E-state index contributed by atoms with van der Waals surface area (Å²) in [4.78, 5) is 0. The van der Waals surface area contributed by atoms with E-state index in [4.69, 9.17) is 4.55 Å². The Morgan fingerprint density at radius 1 is 1.35 bits per heavy atom. The summed E-state index contributed by atoms with van der Waals surface area (Å²) < 4.78 is 42.5. The van der Waals surface area contributed by atoms with Gasteiger partial charge in [0.15, 0.2) is 0 Å². The van der Waals surface area contributed by atoms with Crippen molar-refractivity contribution in [3.05, 3.63) is 35.9 Å². The minimum atomic E-state index is -4.25. The molecule has 1 aromatic rings. The lowest BCUT2D eigenvalue weighted by Gasteiger charge is -2.15. The van der Waals surface area contributed by atoms with Gasteiger partial charge in [-0.2, -0.15) is 8.42 Å². The highest BCUT2D eigenvalue weighted by Crippen LogP contribution is 2.11. The van der Waals surface area contributed by atoms with Crippen LogP contribution in [-0.2, 0) is 10.1 Å². The first kappa shape index (κ1) is 14.1. The van der Waals surface area contributed by atoms with Crippen LogP contribution < -0.4 is 5.32 Å². The Kier molecular flexibility index (Phi) is 5.04. The number of hydrogen-bond donors (Lipinski definition) is 2. The van der Waals surface area contributed by atoms with Crippen LogP contribution in [0.3, 0.4) is 0 Å². The SMILES string of the molecule is CC(NCC(F)CS(=O)(=O)O)c1ccccc1. The summed E-state index contributed by atoms with van der Waals surface area (Å²) >= 11 is 0. The van der Waals surface area contributed by atoms with E-state index in [1.54, 1.807) is 0 Å². The van der Waals surface area contributed by atoms with Gasteiger partial charge in [-0.25, -0.2) is 4.39 Å². The highest BCUT2D eigenvalue weighted by molar-refractivity contribution is 7.85. The molecule has 0 radical (unpaired) electrons. The lowest BCUT2D eigenvalue weighted by molar-refractivity contribution is 0.327. The number of hydrogen-bond acceptors (Lipinski definition) is 3. The summed E-state index contributed by atoms with van der Waals surface area (Å²) in [7, 11) is -4.25. The van der Waals surface area contributed by atoms with Gasteiger partial charge < -0.3 is 5.32 Å². The second kappa shape index (κ2) is 6.09. The molecule has 0 spiro atoms. The van der Waals surface area contributed by atoms with Gasteiger partial charge in [0.2, 0.25) is 0 Å². The number of alkyl halides is 1. The summed E-state index contributed by atoms with van der Waals surface area (Å²) in [6.07, 6.45) is -1.61. The molecule has 0 aliphatic carbocycles. The molecule has 96 valence electrons. The normalized spacial score (nSPS) is 15.5. The average Bonchev–Trinajstić information content (AvgIpc) is 2.25. The summed E-state index contributed by atoms with van der Waals surface area (Å²) in [5.74, 6) is -0.874. The van der Waals surface area contributed by atoms with E-state index in [0.29, 0.717) is 0 Å². The molecule has 0 heterocycles. The molecule has 2 unspecified atom stereocenters. The molecule has 0 bridgehead atoms. The highest BCUT2D eigenvalue weighted by Gasteiger charge is 2.16. The van der Waals surface area contributed by atoms with Crippen LogP contribution in [0.15, 0.2) is 30.3 Å². The maximum absolute atomic E-state index is 13.2. The summed E-state index contributed by atoms with van der Waals surface area (Å²) in [5, 5.41) is 2.87. The van der Waals surface area contributed by atoms with Crippen LogP contribution in [0.25, 0.3) is 0 Å². The first-order chi connectivity index (χ1) is 7.88. The van der Waals surface area contributed by atoms with Crippen molar-refractivity contribution < 1.29 is 17.4 Å². The zero-order chi connectivity index (χ0) is 12.9. The average molecular weight is 261 g/mol. The van der Waals surface area contributed by atoms with Crippen LogP contribution in [0.5, 0.6) is 0 Å². The molecular weight excluding hydrogens is 245 g/mol. The second-order valence-corrected chi connectivity index (χ2v) is 5.38. The van der Waals surface area contributed by atoms with Gasteiger partial charge >= 0.3 is 0 Å². The Labute approximate surface area is 101 Å². The number of rotatable bonds is 6. The molecule has 1 aromatic carbocycles.